The van der Waals surface area contributed by atoms with E-state index in [-0.39, 0.29) is 6.07 Å². The first-order chi connectivity index (χ1) is 5.95. The molecular weight excluding hydrogens is 209 g/mol. The minimum atomic E-state index is -1.75. The van der Waals surface area contributed by atoms with Crippen LogP contribution in [0, 0.1) is 17.5 Å². The minimum absolute atomic E-state index is 0.277. The van der Waals surface area contributed by atoms with Gasteiger partial charge in [-0.25, -0.2) is 8.78 Å². The summed E-state index contributed by atoms with van der Waals surface area (Å²) in [6.07, 6.45) is 0. The summed E-state index contributed by atoms with van der Waals surface area (Å²) in [5, 5.41) is 7.30. The summed E-state index contributed by atoms with van der Waals surface area (Å²) in [5.41, 5.74) is -0.905. The van der Waals surface area contributed by atoms with Gasteiger partial charge in [-0.2, -0.15) is 4.39 Å². The van der Waals surface area contributed by atoms with E-state index >= 15 is 0 Å². The first-order valence-electron chi connectivity index (χ1n) is 3.01. The maximum atomic E-state index is 12.7. The van der Waals surface area contributed by atoms with Crippen LogP contribution in [-0.4, -0.2) is 10.3 Å². The van der Waals surface area contributed by atoms with Crippen molar-refractivity contribution in [3.8, 4) is 5.75 Å². The van der Waals surface area contributed by atoms with Crippen LogP contribution in [0.4, 0.5) is 13.2 Å². The monoisotopic (exact) mass is 210 g/mol. The number of benzene rings is 1. The summed E-state index contributed by atoms with van der Waals surface area (Å²) < 4.78 is 37.6. The third-order valence-corrected chi connectivity index (χ3v) is 1.55. The first kappa shape index (κ1) is 9.85. The number of phenols is 1. The molecule has 0 heterocycles. The second-order valence-electron chi connectivity index (χ2n) is 2.16. The van der Waals surface area contributed by atoms with Crippen molar-refractivity contribution in [2.45, 2.75) is 0 Å². The van der Waals surface area contributed by atoms with Crippen molar-refractivity contribution in [1.82, 2.24) is 0 Å². The predicted molar refractivity (Wildman–Crippen MR) is 38.2 cm³/mol. The van der Waals surface area contributed by atoms with E-state index in [0.29, 0.717) is 0 Å². The summed E-state index contributed by atoms with van der Waals surface area (Å²) in [7, 11) is 0. The van der Waals surface area contributed by atoms with Crippen molar-refractivity contribution < 1.29 is 23.1 Å². The van der Waals surface area contributed by atoms with Crippen LogP contribution in [-0.2, 0) is 0 Å². The van der Waals surface area contributed by atoms with Crippen LogP contribution < -0.4 is 0 Å². The van der Waals surface area contributed by atoms with Crippen molar-refractivity contribution >= 4 is 16.8 Å². The van der Waals surface area contributed by atoms with Gasteiger partial charge in [0.05, 0.1) is 5.56 Å². The molecule has 0 fully saturated rings. The molecule has 1 N–H and O–H groups in total. The standard InChI is InChI=1S/C7H2ClF3O2/c8-7(13)2-1-3(9)5(11)6(12)4(2)10/h1,12H. The van der Waals surface area contributed by atoms with Crippen LogP contribution in [0.1, 0.15) is 10.4 Å². The van der Waals surface area contributed by atoms with Crippen molar-refractivity contribution in [1.29, 1.82) is 0 Å². The van der Waals surface area contributed by atoms with Gasteiger partial charge in [0.25, 0.3) is 5.24 Å². The number of carbonyl (C=O) groups excluding carboxylic acids is 1. The highest BCUT2D eigenvalue weighted by Gasteiger charge is 2.20. The lowest BCUT2D eigenvalue weighted by molar-refractivity contribution is 0.107. The summed E-state index contributed by atoms with van der Waals surface area (Å²) in [5.74, 6) is -6.41. The molecule has 0 saturated carbocycles. The Labute approximate surface area is 75.6 Å². The number of halogens is 4. The zero-order valence-electron chi connectivity index (χ0n) is 5.94. The highest BCUT2D eigenvalue weighted by molar-refractivity contribution is 6.67. The summed E-state index contributed by atoms with van der Waals surface area (Å²) in [6.45, 7) is 0. The maximum absolute atomic E-state index is 12.7. The second kappa shape index (κ2) is 3.26. The maximum Gasteiger partial charge on any atom is 0.255 e. The van der Waals surface area contributed by atoms with Gasteiger partial charge in [-0.05, 0) is 17.7 Å². The van der Waals surface area contributed by atoms with Crippen molar-refractivity contribution in [3.05, 3.63) is 29.1 Å². The number of carbonyl (C=O) groups is 1. The summed E-state index contributed by atoms with van der Waals surface area (Å²) >= 11 is 4.83. The molecule has 0 aliphatic rings. The third kappa shape index (κ3) is 1.60. The highest BCUT2D eigenvalue weighted by Crippen LogP contribution is 2.26. The minimum Gasteiger partial charge on any atom is -0.503 e. The van der Waals surface area contributed by atoms with Crippen molar-refractivity contribution in [2.75, 3.05) is 0 Å². The van der Waals surface area contributed by atoms with E-state index in [1.807, 2.05) is 0 Å². The molecule has 1 aromatic carbocycles. The van der Waals surface area contributed by atoms with Crippen LogP contribution in [0.25, 0.3) is 0 Å². The molecule has 13 heavy (non-hydrogen) atoms. The molecule has 0 amide bonds. The molecule has 1 aromatic rings. The number of hydrogen-bond acceptors (Lipinski definition) is 2. The lowest BCUT2D eigenvalue weighted by atomic mass is 10.2. The normalized spacial score (nSPS) is 10.2. The molecular formula is C7H2ClF3O2. The molecule has 0 aliphatic carbocycles. The van der Waals surface area contributed by atoms with Gasteiger partial charge in [-0.1, -0.05) is 0 Å². The van der Waals surface area contributed by atoms with Gasteiger partial charge in [0.1, 0.15) is 0 Å². The number of phenolic OH excluding ortho intramolecular Hbond substituents is 1. The molecule has 0 aromatic heterocycles. The first-order valence-corrected chi connectivity index (χ1v) is 3.39. The third-order valence-electron chi connectivity index (χ3n) is 1.34. The average Bonchev–Trinajstić information content (AvgIpc) is 2.07. The predicted octanol–water partition coefficient (Wildman–Crippen LogP) is 2.19. The highest BCUT2D eigenvalue weighted by atomic mass is 35.5. The van der Waals surface area contributed by atoms with E-state index in [0.717, 1.165) is 0 Å². The summed E-state index contributed by atoms with van der Waals surface area (Å²) in [6, 6.07) is 0.277. The van der Waals surface area contributed by atoms with Gasteiger partial charge in [0, 0.05) is 0 Å². The Balaban J connectivity index is 3.50. The van der Waals surface area contributed by atoms with Crippen LogP contribution in [0.2, 0.25) is 0 Å². The van der Waals surface area contributed by atoms with E-state index in [9.17, 15) is 18.0 Å². The Kier molecular flexibility index (Phi) is 2.47. The fourth-order valence-electron chi connectivity index (χ4n) is 0.733. The zero-order valence-corrected chi connectivity index (χ0v) is 6.70. The van der Waals surface area contributed by atoms with Gasteiger partial charge < -0.3 is 5.11 Å². The zero-order chi connectivity index (χ0) is 10.2. The Hall–Kier alpha value is -1.23. The fraction of sp³-hybridized carbons (Fsp3) is 0. The smallest absolute Gasteiger partial charge is 0.255 e. The van der Waals surface area contributed by atoms with E-state index in [4.69, 9.17) is 16.7 Å². The topological polar surface area (TPSA) is 37.3 Å². The van der Waals surface area contributed by atoms with Crippen LogP contribution in [0.5, 0.6) is 5.75 Å². The molecule has 2 nitrogen and oxygen atoms in total. The Bertz CT molecular complexity index is 378. The molecule has 0 atom stereocenters. The van der Waals surface area contributed by atoms with Crippen molar-refractivity contribution in [2.24, 2.45) is 0 Å². The number of rotatable bonds is 1. The molecule has 70 valence electrons. The second-order valence-corrected chi connectivity index (χ2v) is 2.50. The Morgan fingerprint density at radius 3 is 2.31 bits per heavy atom. The van der Waals surface area contributed by atoms with Crippen molar-refractivity contribution in [3.63, 3.8) is 0 Å². The molecule has 1 rings (SSSR count). The van der Waals surface area contributed by atoms with Gasteiger partial charge in [0.15, 0.2) is 17.4 Å². The Morgan fingerprint density at radius 2 is 1.85 bits per heavy atom. The Morgan fingerprint density at radius 1 is 1.31 bits per heavy atom. The van der Waals surface area contributed by atoms with Crippen LogP contribution in [0.3, 0.4) is 0 Å². The number of hydrogen-bond donors (Lipinski definition) is 1. The average molecular weight is 211 g/mol. The van der Waals surface area contributed by atoms with Gasteiger partial charge in [-0.3, -0.25) is 4.79 Å². The SMILES string of the molecule is O=C(Cl)c1cc(F)c(F)c(O)c1F. The van der Waals surface area contributed by atoms with Gasteiger partial charge in [-0.15, -0.1) is 0 Å². The molecule has 0 radical (unpaired) electrons. The lowest BCUT2D eigenvalue weighted by Crippen LogP contribution is -1.99. The molecule has 0 saturated heterocycles. The quantitative estimate of drug-likeness (QED) is 0.570. The molecule has 6 heteroatoms. The van der Waals surface area contributed by atoms with E-state index in [1.165, 1.54) is 0 Å². The molecule has 0 spiro atoms. The number of aromatic hydroxyl groups is 1. The molecule has 0 bridgehead atoms. The summed E-state index contributed by atoms with van der Waals surface area (Å²) in [4.78, 5) is 10.4. The van der Waals surface area contributed by atoms with Gasteiger partial charge >= 0.3 is 0 Å². The van der Waals surface area contributed by atoms with Crippen LogP contribution >= 0.6 is 11.6 Å². The molecule has 0 unspecified atom stereocenters. The van der Waals surface area contributed by atoms with E-state index in [2.05, 4.69) is 0 Å². The van der Waals surface area contributed by atoms with Gasteiger partial charge in [0.2, 0.25) is 5.82 Å². The fourth-order valence-corrected chi connectivity index (χ4v) is 0.871. The van der Waals surface area contributed by atoms with Crippen LogP contribution in [0.15, 0.2) is 6.07 Å². The molecule has 0 aliphatic heterocycles. The van der Waals surface area contributed by atoms with E-state index < -0.39 is 34.0 Å². The van der Waals surface area contributed by atoms with E-state index in [1.54, 1.807) is 0 Å². The lowest BCUT2D eigenvalue weighted by Gasteiger charge is -2.01. The largest absolute Gasteiger partial charge is 0.503 e.